The molecule has 1 unspecified atom stereocenters. The number of hydrogen-bond acceptors (Lipinski definition) is 4. The van der Waals surface area contributed by atoms with E-state index in [-0.39, 0.29) is 18.0 Å². The van der Waals surface area contributed by atoms with E-state index in [1.54, 1.807) is 13.3 Å². The Morgan fingerprint density at radius 2 is 2.07 bits per heavy atom. The highest BCUT2D eigenvalue weighted by Gasteiger charge is 2.40. The zero-order chi connectivity index (χ0) is 20.1. The van der Waals surface area contributed by atoms with Crippen LogP contribution >= 0.6 is 0 Å². The van der Waals surface area contributed by atoms with Crippen LogP contribution in [0, 0.1) is 0 Å². The Morgan fingerprint density at radius 1 is 1.24 bits per heavy atom. The minimum Gasteiger partial charge on any atom is -0.496 e. The summed E-state index contributed by atoms with van der Waals surface area (Å²) < 4.78 is 8.95. The van der Waals surface area contributed by atoms with Gasteiger partial charge >= 0.3 is 0 Å². The van der Waals surface area contributed by atoms with Crippen LogP contribution in [-0.2, 0) is 24.7 Å². The maximum Gasteiger partial charge on any atom is 0.258 e. The highest BCUT2D eigenvalue weighted by molar-refractivity contribution is 6.09. The number of aromatic nitrogens is 3. The van der Waals surface area contributed by atoms with Gasteiger partial charge in [0, 0.05) is 42.4 Å². The fourth-order valence-electron chi connectivity index (χ4n) is 4.63. The highest BCUT2D eigenvalue weighted by Crippen LogP contribution is 2.38. The van der Waals surface area contributed by atoms with Gasteiger partial charge in [-0.05, 0) is 55.9 Å². The molecule has 3 aromatic rings. The van der Waals surface area contributed by atoms with E-state index < -0.39 is 0 Å². The molecule has 1 saturated carbocycles. The van der Waals surface area contributed by atoms with Crippen molar-refractivity contribution in [2.45, 2.75) is 44.2 Å². The Balaban J connectivity index is 1.54. The molecule has 7 nitrogen and oxygen atoms in total. The van der Waals surface area contributed by atoms with Gasteiger partial charge in [-0.1, -0.05) is 0 Å². The first-order chi connectivity index (χ1) is 14.1. The molecule has 1 atom stereocenters. The van der Waals surface area contributed by atoms with Crippen molar-refractivity contribution < 1.29 is 14.3 Å². The van der Waals surface area contributed by atoms with Gasteiger partial charge in [0.15, 0.2) is 0 Å². The highest BCUT2D eigenvalue weighted by atomic mass is 16.5. The van der Waals surface area contributed by atoms with Crippen LogP contribution in [0.3, 0.4) is 0 Å². The third-order valence-corrected chi connectivity index (χ3v) is 6.20. The zero-order valence-electron chi connectivity index (χ0n) is 16.7. The first-order valence-corrected chi connectivity index (χ1v) is 10.1. The number of rotatable bonds is 5. The molecule has 0 radical (unpaired) electrons. The summed E-state index contributed by atoms with van der Waals surface area (Å²) in [7, 11) is 3.60. The fourth-order valence-corrected chi connectivity index (χ4v) is 4.63. The second-order valence-corrected chi connectivity index (χ2v) is 8.03. The third-order valence-electron chi connectivity index (χ3n) is 6.20. The van der Waals surface area contributed by atoms with Crippen LogP contribution in [0.1, 0.15) is 40.9 Å². The molecule has 29 heavy (non-hydrogen) atoms. The summed E-state index contributed by atoms with van der Waals surface area (Å²) in [5.74, 6) is 0.655. The summed E-state index contributed by atoms with van der Waals surface area (Å²) in [5.41, 5.74) is 3.70. The van der Waals surface area contributed by atoms with Crippen LogP contribution in [0.25, 0.3) is 10.9 Å². The normalized spacial score (nSPS) is 18.5. The summed E-state index contributed by atoms with van der Waals surface area (Å²) in [5, 5.41) is 5.24. The van der Waals surface area contributed by atoms with Gasteiger partial charge in [-0.25, -0.2) is 4.68 Å². The van der Waals surface area contributed by atoms with E-state index in [1.807, 2.05) is 36.0 Å². The van der Waals surface area contributed by atoms with Crippen LogP contribution in [0.4, 0.5) is 0 Å². The lowest BCUT2D eigenvalue weighted by Crippen LogP contribution is -2.45. The molecule has 2 aromatic heterocycles. The Kier molecular flexibility index (Phi) is 4.19. The number of aryl methyl sites for hydroxylation is 2. The van der Waals surface area contributed by atoms with Crippen LogP contribution < -0.4 is 4.74 Å². The van der Waals surface area contributed by atoms with Gasteiger partial charge in [-0.2, -0.15) is 5.10 Å². The molecule has 0 aliphatic heterocycles. The van der Waals surface area contributed by atoms with Gasteiger partial charge in [0.05, 0.1) is 18.4 Å². The smallest absolute Gasteiger partial charge is 0.258 e. The second-order valence-electron chi connectivity index (χ2n) is 8.03. The monoisotopic (exact) mass is 392 g/mol. The Morgan fingerprint density at radius 3 is 2.79 bits per heavy atom. The van der Waals surface area contributed by atoms with Crippen molar-refractivity contribution in [2.24, 2.45) is 7.05 Å². The lowest BCUT2D eigenvalue weighted by atomic mass is 9.91. The summed E-state index contributed by atoms with van der Waals surface area (Å²) >= 11 is 0. The van der Waals surface area contributed by atoms with Crippen LogP contribution in [0.5, 0.6) is 5.75 Å². The van der Waals surface area contributed by atoms with Crippen LogP contribution in [0.15, 0.2) is 30.6 Å². The minimum atomic E-state index is 0.0392. The predicted octanol–water partition coefficient (Wildman–Crippen LogP) is 2.58. The van der Waals surface area contributed by atoms with Gasteiger partial charge in [0.25, 0.3) is 5.91 Å². The van der Waals surface area contributed by atoms with Crippen LogP contribution in [-0.4, -0.2) is 50.8 Å². The van der Waals surface area contributed by atoms with Crippen molar-refractivity contribution in [3.63, 3.8) is 0 Å². The summed E-state index contributed by atoms with van der Waals surface area (Å²) in [6.07, 6.45) is 8.94. The lowest BCUT2D eigenvalue weighted by Gasteiger charge is -2.34. The van der Waals surface area contributed by atoms with E-state index in [2.05, 4.69) is 10.00 Å². The summed E-state index contributed by atoms with van der Waals surface area (Å²) in [4.78, 5) is 27.0. The van der Waals surface area contributed by atoms with Gasteiger partial charge in [-0.3, -0.25) is 9.59 Å². The fraction of sp³-hybridized carbons (Fsp3) is 0.409. The molecule has 150 valence electrons. The number of benzene rings is 1. The average molecular weight is 392 g/mol. The average Bonchev–Trinajstić information content (AvgIpc) is 3.36. The molecule has 1 fully saturated rings. The quantitative estimate of drug-likeness (QED) is 0.626. The SMILES string of the molecule is COc1ccc2c(ccn2C)c1C(=O)N(C1CC1)C1CCc2nn(C=O)cc2C1. The van der Waals surface area contributed by atoms with E-state index in [0.717, 1.165) is 60.7 Å². The van der Waals surface area contributed by atoms with Crippen molar-refractivity contribution >= 4 is 23.2 Å². The number of hydrogen-bond donors (Lipinski definition) is 0. The van der Waals surface area contributed by atoms with E-state index >= 15 is 0 Å². The number of ether oxygens (including phenoxy) is 1. The largest absolute Gasteiger partial charge is 0.496 e. The molecule has 1 aromatic carbocycles. The molecule has 7 heteroatoms. The van der Waals surface area contributed by atoms with E-state index in [9.17, 15) is 9.59 Å². The molecule has 2 heterocycles. The molecule has 0 spiro atoms. The first-order valence-electron chi connectivity index (χ1n) is 10.1. The van der Waals surface area contributed by atoms with E-state index in [4.69, 9.17) is 4.74 Å². The number of amides is 1. The molecule has 2 aliphatic rings. The number of methoxy groups -OCH3 is 1. The molecule has 0 saturated heterocycles. The summed E-state index contributed by atoms with van der Waals surface area (Å²) in [6, 6.07) is 6.25. The minimum absolute atomic E-state index is 0.0392. The van der Waals surface area contributed by atoms with Crippen molar-refractivity contribution in [3.05, 3.63) is 47.4 Å². The van der Waals surface area contributed by atoms with Crippen molar-refractivity contribution in [3.8, 4) is 5.75 Å². The van der Waals surface area contributed by atoms with Gasteiger partial charge in [0.2, 0.25) is 6.41 Å². The van der Waals surface area contributed by atoms with E-state index in [0.29, 0.717) is 11.3 Å². The topological polar surface area (TPSA) is 69.4 Å². The number of nitrogens with zero attached hydrogens (tertiary/aromatic N) is 4. The molecule has 0 bridgehead atoms. The van der Waals surface area contributed by atoms with Crippen LogP contribution in [0.2, 0.25) is 0 Å². The van der Waals surface area contributed by atoms with Crippen molar-refractivity contribution in [1.82, 2.24) is 19.2 Å². The maximum absolute atomic E-state index is 13.9. The van der Waals surface area contributed by atoms with Crippen molar-refractivity contribution in [2.75, 3.05) is 7.11 Å². The molecular formula is C22H24N4O3. The predicted molar refractivity (Wildman–Crippen MR) is 109 cm³/mol. The number of fused-ring (bicyclic) bond motifs is 2. The number of carbonyl (C=O) groups excluding carboxylic acids is 2. The van der Waals surface area contributed by atoms with Gasteiger partial charge in [0.1, 0.15) is 5.75 Å². The Hall–Kier alpha value is -3.09. The Labute approximate surface area is 168 Å². The van der Waals surface area contributed by atoms with Gasteiger partial charge < -0.3 is 14.2 Å². The second kappa shape index (κ2) is 6.76. The molecule has 2 aliphatic carbocycles. The first kappa shape index (κ1) is 18.0. The molecular weight excluding hydrogens is 368 g/mol. The van der Waals surface area contributed by atoms with Crippen molar-refractivity contribution in [1.29, 1.82) is 0 Å². The zero-order valence-corrected chi connectivity index (χ0v) is 16.7. The third kappa shape index (κ3) is 2.92. The van der Waals surface area contributed by atoms with E-state index in [1.165, 1.54) is 4.68 Å². The lowest BCUT2D eigenvalue weighted by molar-refractivity contribution is 0.0641. The molecule has 0 N–H and O–H groups in total. The molecule has 5 rings (SSSR count). The Bertz CT molecular complexity index is 1110. The number of carbonyl (C=O) groups is 2. The summed E-state index contributed by atoms with van der Waals surface area (Å²) in [6.45, 7) is 0. The molecule has 1 amide bonds. The maximum atomic E-state index is 13.9. The standard InChI is InChI=1S/C22H24N4O3/c1-24-10-9-17-19(24)7-8-20(29-2)21(17)22(28)26(15-3-4-15)16-5-6-18-14(11-16)12-25(13-27)23-18/h7-10,12-13,15-16H,3-6,11H2,1-2H3. The van der Waals surface area contributed by atoms with Gasteiger partial charge in [-0.15, -0.1) is 0 Å².